The van der Waals surface area contributed by atoms with E-state index in [1.807, 2.05) is 26.9 Å². The van der Waals surface area contributed by atoms with E-state index in [4.69, 9.17) is 13.6 Å². The molecule has 2 saturated heterocycles. The first kappa shape index (κ1) is 43.9. The van der Waals surface area contributed by atoms with Crippen molar-refractivity contribution in [1.82, 2.24) is 14.7 Å². The van der Waals surface area contributed by atoms with Crippen molar-refractivity contribution in [2.24, 2.45) is 11.8 Å². The summed E-state index contributed by atoms with van der Waals surface area (Å²) in [5.41, 5.74) is 0.581. The van der Waals surface area contributed by atoms with Gasteiger partial charge in [-0.1, -0.05) is 33.8 Å². The molecule has 3 amide bonds. The van der Waals surface area contributed by atoms with E-state index in [-0.39, 0.29) is 88.2 Å². The van der Waals surface area contributed by atoms with Crippen molar-refractivity contribution in [3.05, 3.63) is 74.3 Å². The van der Waals surface area contributed by atoms with Crippen LogP contribution in [0.5, 0.6) is 11.5 Å². The molecule has 0 aromatic heterocycles. The van der Waals surface area contributed by atoms with E-state index in [0.717, 1.165) is 0 Å². The molecule has 57 heavy (non-hydrogen) atoms. The van der Waals surface area contributed by atoms with Crippen LogP contribution in [0.1, 0.15) is 57.0 Å². The Morgan fingerprint density at radius 3 is 2.26 bits per heavy atom. The monoisotopic (exact) mass is 840 g/mol. The number of nitro groups is 1. The number of phenols is 1. The number of β-lactam (4-membered cyclic amide) rings is 1. The Hall–Kier alpha value is -4.20. The van der Waals surface area contributed by atoms with Gasteiger partial charge in [0, 0.05) is 48.8 Å². The van der Waals surface area contributed by atoms with E-state index in [1.54, 1.807) is 26.2 Å². The van der Waals surface area contributed by atoms with Crippen molar-refractivity contribution in [2.45, 2.75) is 109 Å². The zero-order valence-electron chi connectivity index (χ0n) is 34.9. The molecule has 5 rings (SSSR count). The number of hydrogen-bond donors (Lipinski definition) is 1. The Labute approximate surface area is 341 Å². The number of carbonyl (C=O) groups is 4. The molecule has 2 aromatic rings. The molecule has 0 aliphatic carbocycles. The molecule has 2 fully saturated rings. The van der Waals surface area contributed by atoms with Gasteiger partial charge in [-0.2, -0.15) is 0 Å². The average molecular weight is 841 g/mol. The zero-order valence-corrected chi connectivity index (χ0v) is 37.8. The number of likely N-dealkylation sites (tertiary alicyclic amines) is 1. The fraction of sp³-hybridized carbons (Fsp3) is 0.550. The molecule has 3 aliphatic rings. The van der Waals surface area contributed by atoms with Crippen molar-refractivity contribution in [3.8, 4) is 11.5 Å². The van der Waals surface area contributed by atoms with Gasteiger partial charge in [0.1, 0.15) is 24.1 Å². The predicted octanol–water partition coefficient (Wildman–Crippen LogP) is 6.76. The van der Waals surface area contributed by atoms with Crippen molar-refractivity contribution in [3.63, 3.8) is 0 Å². The SMILES string of the molecule is C[C@@H](O[Si](C)(C)C)[C@H]1C(=O)N2C(C(=O)OCc3ccc([N+](=O)[O-])cc3)=C(S[C@H]3C[C@@H](C(=O)N(C)C)N(C(=O)c4cccc(O[Si](C)(C)C(C)(C)C)c4O)C3)[C@H](C)[C@H]12. The highest BCUT2D eigenvalue weighted by Crippen LogP contribution is 2.53. The van der Waals surface area contributed by atoms with E-state index in [9.17, 15) is 34.4 Å². The number of aromatic hydroxyl groups is 1. The molecule has 17 heteroatoms. The van der Waals surface area contributed by atoms with Crippen molar-refractivity contribution >= 4 is 57.8 Å². The summed E-state index contributed by atoms with van der Waals surface area (Å²) in [6, 6.07) is 9.27. The van der Waals surface area contributed by atoms with Gasteiger partial charge in [0.2, 0.25) is 11.8 Å². The lowest BCUT2D eigenvalue weighted by Gasteiger charge is -2.48. The molecule has 3 heterocycles. The van der Waals surface area contributed by atoms with E-state index in [1.165, 1.54) is 56.8 Å². The number of likely N-dealkylation sites (N-methyl/N-ethyl adjacent to an activating group) is 1. The maximum Gasteiger partial charge on any atom is 0.356 e. The first-order valence-electron chi connectivity index (χ1n) is 19.2. The smallest absolute Gasteiger partial charge is 0.356 e. The molecule has 0 radical (unpaired) electrons. The van der Waals surface area contributed by atoms with Crippen LogP contribution in [-0.2, 0) is 30.2 Å². The summed E-state index contributed by atoms with van der Waals surface area (Å²) in [4.78, 5) is 71.7. The minimum atomic E-state index is -2.38. The van der Waals surface area contributed by atoms with Crippen LogP contribution < -0.4 is 4.43 Å². The van der Waals surface area contributed by atoms with Crippen LogP contribution in [0.25, 0.3) is 0 Å². The standard InChI is InChI=1S/C40H56N4O10SSi2/c1-23-32-31(24(2)53-56(8,9)10)38(48)43(32)33(39(49)52-22-25-16-18-26(19-17-25)44(50)51)35(23)55-27-20-29(37(47)41(6)7)42(21-27)36(46)28-14-13-15-30(34(28)45)54-57(11,12)40(3,4)5/h13-19,23-24,27,29,31-32,45H,20-22H2,1-12H3/t23-,24-,27+,29+,31-,32-/m1/s1. The number of fused-ring (bicyclic) bond motifs is 1. The number of rotatable bonds is 13. The van der Waals surface area contributed by atoms with Crippen LogP contribution in [0.15, 0.2) is 53.1 Å². The summed E-state index contributed by atoms with van der Waals surface area (Å²) in [5.74, 6) is -2.62. The predicted molar refractivity (Wildman–Crippen MR) is 223 cm³/mol. The van der Waals surface area contributed by atoms with E-state index in [2.05, 4.69) is 40.4 Å². The Balaban J connectivity index is 1.46. The molecule has 0 saturated carbocycles. The van der Waals surface area contributed by atoms with Crippen LogP contribution in [0.4, 0.5) is 5.69 Å². The molecule has 0 bridgehead atoms. The Morgan fingerprint density at radius 2 is 1.70 bits per heavy atom. The fourth-order valence-electron chi connectivity index (χ4n) is 7.40. The number of ether oxygens (including phenoxy) is 1. The highest BCUT2D eigenvalue weighted by molar-refractivity contribution is 8.03. The van der Waals surface area contributed by atoms with Gasteiger partial charge < -0.3 is 33.4 Å². The van der Waals surface area contributed by atoms with Crippen molar-refractivity contribution in [1.29, 1.82) is 0 Å². The second-order valence-electron chi connectivity index (χ2n) is 17.9. The summed E-state index contributed by atoms with van der Waals surface area (Å²) < 4.78 is 18.5. The number of hydrogen-bond acceptors (Lipinski definition) is 11. The highest BCUT2D eigenvalue weighted by atomic mass is 32.2. The first-order valence-corrected chi connectivity index (χ1v) is 26.4. The summed E-state index contributed by atoms with van der Waals surface area (Å²) in [6.07, 6.45) is -0.132. The van der Waals surface area contributed by atoms with Gasteiger partial charge in [-0.05, 0) is 80.9 Å². The van der Waals surface area contributed by atoms with Gasteiger partial charge in [0.05, 0.1) is 28.6 Å². The number of benzene rings is 2. The molecule has 310 valence electrons. The Bertz CT molecular complexity index is 1960. The largest absolute Gasteiger partial charge is 0.541 e. The minimum absolute atomic E-state index is 0.0198. The van der Waals surface area contributed by atoms with Crippen LogP contribution in [0, 0.1) is 22.0 Å². The number of esters is 1. The first-order chi connectivity index (χ1) is 26.3. The summed E-state index contributed by atoms with van der Waals surface area (Å²) in [7, 11) is -1.17. The van der Waals surface area contributed by atoms with Crippen LogP contribution in [0.2, 0.25) is 37.8 Å². The topological polar surface area (TPSA) is 169 Å². The van der Waals surface area contributed by atoms with Gasteiger partial charge in [-0.3, -0.25) is 24.5 Å². The molecule has 6 atom stereocenters. The number of amides is 3. The van der Waals surface area contributed by atoms with E-state index in [0.29, 0.717) is 10.5 Å². The van der Waals surface area contributed by atoms with Crippen LogP contribution >= 0.6 is 11.8 Å². The third-order valence-corrected chi connectivity index (χ3v) is 18.2. The molecule has 14 nitrogen and oxygen atoms in total. The second kappa shape index (κ2) is 16.2. The maximum absolute atomic E-state index is 14.4. The van der Waals surface area contributed by atoms with Crippen LogP contribution in [0.3, 0.4) is 0 Å². The highest BCUT2D eigenvalue weighted by Gasteiger charge is 2.61. The normalized spacial score (nSPS) is 22.9. The number of non-ortho nitro benzene ring substituents is 1. The summed E-state index contributed by atoms with van der Waals surface area (Å²) >= 11 is 1.36. The van der Waals surface area contributed by atoms with Gasteiger partial charge in [-0.15, -0.1) is 11.8 Å². The summed E-state index contributed by atoms with van der Waals surface area (Å²) in [6.45, 7) is 20.3. The molecule has 0 unspecified atom stereocenters. The maximum atomic E-state index is 14.4. The lowest BCUT2D eigenvalue weighted by molar-refractivity contribution is -0.384. The number of nitrogens with zero attached hydrogens (tertiary/aromatic N) is 4. The number of phenolic OH excluding ortho intramolecular Hbond substituents is 1. The Morgan fingerprint density at radius 1 is 1.07 bits per heavy atom. The third-order valence-electron chi connectivity index (χ3n) is 11.3. The lowest BCUT2D eigenvalue weighted by atomic mass is 9.79. The fourth-order valence-corrected chi connectivity index (χ4v) is 11.2. The number of para-hydroxylation sites is 1. The number of thioether (sulfide) groups is 1. The second-order valence-corrected chi connectivity index (χ2v) is 28.4. The third kappa shape index (κ3) is 8.95. The number of nitro benzene ring substituents is 1. The van der Waals surface area contributed by atoms with E-state index < -0.39 is 45.4 Å². The minimum Gasteiger partial charge on any atom is -0.541 e. The van der Waals surface area contributed by atoms with Gasteiger partial charge in [-0.25, -0.2) is 4.79 Å². The van der Waals surface area contributed by atoms with Crippen molar-refractivity contribution in [2.75, 3.05) is 20.6 Å². The molecular weight excluding hydrogens is 785 g/mol. The molecule has 0 spiro atoms. The molecular formula is C40H56N4O10SSi2. The molecule has 1 N–H and O–H groups in total. The molecule has 2 aromatic carbocycles. The summed E-state index contributed by atoms with van der Waals surface area (Å²) in [5, 5.41) is 22.0. The zero-order chi connectivity index (χ0) is 42.5. The van der Waals surface area contributed by atoms with Crippen molar-refractivity contribution < 1.29 is 42.8 Å². The van der Waals surface area contributed by atoms with E-state index >= 15 is 0 Å². The molecule has 3 aliphatic heterocycles. The average Bonchev–Trinajstić information content (AvgIpc) is 3.63. The van der Waals surface area contributed by atoms with Gasteiger partial charge >= 0.3 is 5.97 Å². The lowest BCUT2D eigenvalue weighted by Crippen LogP contribution is -2.64. The van der Waals surface area contributed by atoms with Crippen LogP contribution in [-0.4, -0.2) is 109 Å². The van der Waals surface area contributed by atoms with Gasteiger partial charge in [0.25, 0.3) is 19.9 Å². The Kier molecular flexibility index (Phi) is 12.5. The number of carbonyl (C=O) groups excluding carboxylic acids is 4. The quantitative estimate of drug-likeness (QED) is 0.0744. The van der Waals surface area contributed by atoms with Gasteiger partial charge in [0.15, 0.2) is 14.1 Å².